The molecule has 0 atom stereocenters. The summed E-state index contributed by atoms with van der Waals surface area (Å²) in [5.74, 6) is -0.359. The number of nitrogens with zero attached hydrogens (tertiary/aromatic N) is 1. The van der Waals surface area contributed by atoms with E-state index in [0.717, 1.165) is 10.9 Å². The largest absolute Gasteiger partial charge is 0.462 e. The summed E-state index contributed by atoms with van der Waals surface area (Å²) >= 11 is 0. The second-order valence-corrected chi connectivity index (χ2v) is 3.87. The molecule has 0 aliphatic heterocycles. The first-order chi connectivity index (χ1) is 8.11. The Morgan fingerprint density at radius 3 is 2.88 bits per heavy atom. The van der Waals surface area contributed by atoms with Crippen LogP contribution in [0.4, 0.5) is 5.69 Å². The van der Waals surface area contributed by atoms with Crippen molar-refractivity contribution >= 4 is 22.6 Å². The lowest BCUT2D eigenvalue weighted by Gasteiger charge is -2.06. The van der Waals surface area contributed by atoms with Crippen molar-refractivity contribution in [2.45, 2.75) is 13.8 Å². The lowest BCUT2D eigenvalue weighted by molar-refractivity contribution is 0.0526. The van der Waals surface area contributed by atoms with Gasteiger partial charge in [0.2, 0.25) is 0 Å². The smallest absolute Gasteiger partial charge is 0.338 e. The van der Waals surface area contributed by atoms with Gasteiger partial charge in [0, 0.05) is 11.6 Å². The quantitative estimate of drug-likeness (QED) is 0.635. The number of fused-ring (bicyclic) bond motifs is 1. The molecule has 0 aliphatic carbocycles. The summed E-state index contributed by atoms with van der Waals surface area (Å²) in [5, 5.41) is 0.855. The van der Waals surface area contributed by atoms with E-state index in [0.29, 0.717) is 23.4 Å². The van der Waals surface area contributed by atoms with Crippen molar-refractivity contribution < 1.29 is 9.53 Å². The van der Waals surface area contributed by atoms with Crippen molar-refractivity contribution in [3.8, 4) is 0 Å². The van der Waals surface area contributed by atoms with Gasteiger partial charge in [0.05, 0.1) is 23.4 Å². The number of hydrogen-bond donors (Lipinski definition) is 1. The van der Waals surface area contributed by atoms with Gasteiger partial charge >= 0.3 is 5.97 Å². The molecule has 0 bridgehead atoms. The minimum Gasteiger partial charge on any atom is -0.462 e. The van der Waals surface area contributed by atoms with Crippen molar-refractivity contribution in [2.75, 3.05) is 12.3 Å². The molecule has 0 fully saturated rings. The summed E-state index contributed by atoms with van der Waals surface area (Å²) in [6, 6.07) is 5.30. The number of anilines is 1. The van der Waals surface area contributed by atoms with E-state index in [1.807, 2.05) is 13.0 Å². The van der Waals surface area contributed by atoms with Gasteiger partial charge in [-0.1, -0.05) is 0 Å². The number of carbonyl (C=O) groups is 1. The summed E-state index contributed by atoms with van der Waals surface area (Å²) < 4.78 is 4.95. The first kappa shape index (κ1) is 11.4. The highest BCUT2D eigenvalue weighted by Gasteiger charge is 2.10. The molecule has 0 unspecified atom stereocenters. The van der Waals surface area contributed by atoms with Gasteiger partial charge in [-0.15, -0.1) is 0 Å². The normalized spacial score (nSPS) is 10.5. The minimum atomic E-state index is -0.359. The fourth-order valence-corrected chi connectivity index (χ4v) is 1.72. The van der Waals surface area contributed by atoms with Gasteiger partial charge in [0.1, 0.15) is 0 Å². The Balaban J connectivity index is 2.57. The van der Waals surface area contributed by atoms with Crippen molar-refractivity contribution in [1.82, 2.24) is 4.98 Å². The Morgan fingerprint density at radius 1 is 1.41 bits per heavy atom. The van der Waals surface area contributed by atoms with Crippen LogP contribution in [0.15, 0.2) is 24.4 Å². The maximum atomic E-state index is 11.6. The molecule has 1 aromatic heterocycles. The van der Waals surface area contributed by atoms with E-state index in [2.05, 4.69) is 4.98 Å². The number of nitrogen functional groups attached to an aromatic ring is 1. The molecule has 0 amide bonds. The van der Waals surface area contributed by atoms with Gasteiger partial charge < -0.3 is 10.5 Å². The van der Waals surface area contributed by atoms with E-state index in [1.165, 1.54) is 0 Å². The summed E-state index contributed by atoms with van der Waals surface area (Å²) in [6.45, 7) is 4.07. The molecule has 2 N–H and O–H groups in total. The van der Waals surface area contributed by atoms with Gasteiger partial charge in [-0.3, -0.25) is 4.98 Å². The molecule has 2 rings (SSSR count). The van der Waals surface area contributed by atoms with Crippen LogP contribution >= 0.6 is 0 Å². The minimum absolute atomic E-state index is 0.350. The van der Waals surface area contributed by atoms with Crippen LogP contribution in [0.5, 0.6) is 0 Å². The molecular weight excluding hydrogens is 216 g/mol. The van der Waals surface area contributed by atoms with Crippen LogP contribution in [-0.4, -0.2) is 17.6 Å². The highest BCUT2D eigenvalue weighted by molar-refractivity contribution is 5.99. The molecule has 2 aromatic rings. The highest BCUT2D eigenvalue weighted by atomic mass is 16.5. The number of rotatable bonds is 2. The first-order valence-electron chi connectivity index (χ1n) is 5.45. The number of aryl methyl sites for hydroxylation is 1. The highest BCUT2D eigenvalue weighted by Crippen LogP contribution is 2.22. The van der Waals surface area contributed by atoms with Crippen LogP contribution < -0.4 is 5.73 Å². The second-order valence-electron chi connectivity index (χ2n) is 3.87. The van der Waals surface area contributed by atoms with E-state index < -0.39 is 0 Å². The van der Waals surface area contributed by atoms with Gasteiger partial charge in [0.25, 0.3) is 0 Å². The van der Waals surface area contributed by atoms with Gasteiger partial charge in [0.15, 0.2) is 0 Å². The second kappa shape index (κ2) is 4.41. The predicted molar refractivity (Wildman–Crippen MR) is 66.8 cm³/mol. The van der Waals surface area contributed by atoms with Crippen LogP contribution in [0.1, 0.15) is 22.8 Å². The Morgan fingerprint density at radius 2 is 2.18 bits per heavy atom. The van der Waals surface area contributed by atoms with Gasteiger partial charge in [-0.05, 0) is 37.6 Å². The van der Waals surface area contributed by atoms with E-state index >= 15 is 0 Å². The van der Waals surface area contributed by atoms with Crippen LogP contribution in [0.25, 0.3) is 10.9 Å². The lowest BCUT2D eigenvalue weighted by atomic mass is 10.1. The molecule has 0 saturated heterocycles. The van der Waals surface area contributed by atoms with Gasteiger partial charge in [-0.25, -0.2) is 4.79 Å². The standard InChI is InChI=1S/C13H14N2O2/c1-3-17-13(16)10-5-9-4-8(2)7-15-12(9)11(14)6-10/h4-7H,3,14H2,1-2H3. The zero-order valence-corrected chi connectivity index (χ0v) is 9.86. The summed E-state index contributed by atoms with van der Waals surface area (Å²) in [4.78, 5) is 15.9. The Hall–Kier alpha value is -2.10. The topological polar surface area (TPSA) is 65.2 Å². The Kier molecular flexibility index (Phi) is 2.95. The molecule has 88 valence electrons. The molecule has 1 heterocycles. The predicted octanol–water partition coefficient (Wildman–Crippen LogP) is 2.30. The number of pyridine rings is 1. The van der Waals surface area contributed by atoms with Gasteiger partial charge in [-0.2, -0.15) is 0 Å². The average Bonchev–Trinajstić information content (AvgIpc) is 2.28. The summed E-state index contributed by atoms with van der Waals surface area (Å²) in [7, 11) is 0. The summed E-state index contributed by atoms with van der Waals surface area (Å²) in [6.07, 6.45) is 1.75. The number of carbonyl (C=O) groups excluding carboxylic acids is 1. The number of esters is 1. The average molecular weight is 230 g/mol. The summed E-state index contributed by atoms with van der Waals surface area (Å²) in [5.41, 5.74) is 8.56. The number of nitrogens with two attached hydrogens (primary N) is 1. The molecule has 4 heteroatoms. The van der Waals surface area contributed by atoms with Crippen LogP contribution in [0.3, 0.4) is 0 Å². The number of benzene rings is 1. The molecule has 0 radical (unpaired) electrons. The van der Waals surface area contributed by atoms with Crippen molar-refractivity contribution in [3.63, 3.8) is 0 Å². The third-order valence-corrected chi connectivity index (χ3v) is 2.46. The first-order valence-corrected chi connectivity index (χ1v) is 5.45. The zero-order valence-electron chi connectivity index (χ0n) is 9.86. The van der Waals surface area contributed by atoms with E-state index in [-0.39, 0.29) is 5.97 Å². The maximum absolute atomic E-state index is 11.6. The zero-order chi connectivity index (χ0) is 12.4. The molecule has 0 spiro atoms. The Bertz CT molecular complexity index is 579. The fourth-order valence-electron chi connectivity index (χ4n) is 1.72. The maximum Gasteiger partial charge on any atom is 0.338 e. The molecule has 4 nitrogen and oxygen atoms in total. The SMILES string of the molecule is CCOC(=O)c1cc(N)c2ncc(C)cc2c1. The van der Waals surface area contributed by atoms with Crippen molar-refractivity contribution in [3.05, 3.63) is 35.5 Å². The number of hydrogen-bond acceptors (Lipinski definition) is 4. The number of aromatic nitrogens is 1. The lowest BCUT2D eigenvalue weighted by Crippen LogP contribution is -2.05. The van der Waals surface area contributed by atoms with Crippen LogP contribution in [0, 0.1) is 6.92 Å². The monoisotopic (exact) mass is 230 g/mol. The molecule has 17 heavy (non-hydrogen) atoms. The molecule has 1 aromatic carbocycles. The van der Waals surface area contributed by atoms with Crippen LogP contribution in [-0.2, 0) is 4.74 Å². The number of ether oxygens (including phenoxy) is 1. The van der Waals surface area contributed by atoms with Crippen molar-refractivity contribution in [1.29, 1.82) is 0 Å². The van der Waals surface area contributed by atoms with Crippen LogP contribution in [0.2, 0.25) is 0 Å². The molecular formula is C13H14N2O2. The molecule has 0 aliphatic rings. The third kappa shape index (κ3) is 2.20. The third-order valence-electron chi connectivity index (χ3n) is 2.46. The van der Waals surface area contributed by atoms with Crippen molar-refractivity contribution in [2.24, 2.45) is 0 Å². The van der Waals surface area contributed by atoms with E-state index in [4.69, 9.17) is 10.5 Å². The Labute approximate surface area is 99.4 Å². The van der Waals surface area contributed by atoms with E-state index in [1.54, 1.807) is 25.3 Å². The van der Waals surface area contributed by atoms with E-state index in [9.17, 15) is 4.79 Å². The fraction of sp³-hybridized carbons (Fsp3) is 0.231. The molecule has 0 saturated carbocycles.